The highest BCUT2D eigenvalue weighted by Gasteiger charge is 2.44. The molecule has 106 heavy (non-hydrogen) atoms. The van der Waals surface area contributed by atoms with Gasteiger partial charge in [-0.3, -0.25) is 29.6 Å². The molecule has 4 aromatic carbocycles. The normalized spacial score (nSPS) is 15.5. The van der Waals surface area contributed by atoms with Gasteiger partial charge in [0.05, 0.1) is 40.3 Å². The van der Waals surface area contributed by atoms with Crippen LogP contribution in [0.4, 0.5) is 41.9 Å². The molecule has 0 saturated heterocycles. The average molecular weight is 1440 g/mol. The predicted octanol–water partition coefficient (Wildman–Crippen LogP) is 17.7. The Morgan fingerprint density at radius 2 is 0.726 bits per heavy atom. The molecule has 4 aromatic heterocycles. The van der Waals surface area contributed by atoms with Gasteiger partial charge in [0, 0.05) is 85.0 Å². The lowest BCUT2D eigenvalue weighted by atomic mass is 9.85. The SMILES string of the molecule is CC(C)(C)OC(=O)N1CC(C)(C)c2cc(CCc3ccc(C#N)nc3)ccc21.CC(C)(C)OC(=O)N1CC(C)(C)c2cc(CCc3cccnn3)ccc21.CC(C)(C)OC(=O)N1CC(C)(C)c2cc(CCc3ccnnc3)ccc21.CC(C)(C)OC(=O)N1CC(C)(C)c2cc(CCc3cnccn3)ccc21. The molecule has 12 rings (SSSR count). The quantitative estimate of drug-likeness (QED) is 0.103. The number of rotatable bonds is 12. The Morgan fingerprint density at radius 3 is 1.03 bits per heavy atom. The maximum atomic E-state index is 12.6. The monoisotopic (exact) mass is 1440 g/mol. The molecule has 4 amide bonds. The third-order valence-electron chi connectivity index (χ3n) is 18.6. The second-order valence-corrected chi connectivity index (χ2v) is 34.5. The van der Waals surface area contributed by atoms with Gasteiger partial charge in [0.1, 0.15) is 34.2 Å². The van der Waals surface area contributed by atoms with Crippen LogP contribution in [0.25, 0.3) is 0 Å². The van der Waals surface area contributed by atoms with Crippen molar-refractivity contribution in [2.75, 3.05) is 45.8 Å². The Balaban J connectivity index is 0.000000164. The van der Waals surface area contributed by atoms with E-state index < -0.39 is 22.4 Å². The molecule has 4 aliphatic heterocycles. The zero-order valence-electron chi connectivity index (χ0n) is 66.0. The van der Waals surface area contributed by atoms with Crippen molar-refractivity contribution >= 4 is 47.1 Å². The van der Waals surface area contributed by atoms with Gasteiger partial charge < -0.3 is 18.9 Å². The van der Waals surface area contributed by atoms with Crippen molar-refractivity contribution in [3.8, 4) is 6.07 Å². The number of pyridine rings is 1. The maximum absolute atomic E-state index is 12.6. The van der Waals surface area contributed by atoms with Gasteiger partial charge in [-0.05, 0) is 239 Å². The molecule has 0 unspecified atom stereocenters. The molecule has 8 aromatic rings. The van der Waals surface area contributed by atoms with Crippen molar-refractivity contribution in [1.29, 1.82) is 5.26 Å². The van der Waals surface area contributed by atoms with E-state index in [2.05, 4.69) is 139 Å². The first-order valence-electron chi connectivity index (χ1n) is 36.7. The number of aromatic nitrogens is 7. The standard InChI is InChI=1S/C23H27N3O2.3C21H27N3O2/c1-22(2,3)28-21(27)26-15-23(4,5)19-12-16(9-11-20(19)26)6-7-17-8-10-18(13-24)25-14-17;1-20(2,3)26-19(25)24-14-21(4,5)17-12-15(7-9-18(17)24)6-8-16-13-22-10-11-23-16;1-20(2,3)26-19(25)24-14-21(4,5)17-13-15(9-11-18(17)24)8-10-16-7-6-12-22-23-16;1-20(2,3)26-19(25)24-14-21(4,5)17-12-15(8-9-18(17)24)6-7-16-10-11-22-23-13-16/h8-12,14H,6-7,15H2,1-5H3;7,9-13H,6,8,14H2,1-5H3;6-7,9,11-13H,8,10,14H2,1-5H3;8-13H,6-7,14H2,1-5H3. The summed E-state index contributed by atoms with van der Waals surface area (Å²) in [6, 6.07) is 37.0. The van der Waals surface area contributed by atoms with Crippen molar-refractivity contribution in [1.82, 2.24) is 35.3 Å². The van der Waals surface area contributed by atoms with Crippen LogP contribution in [-0.2, 0) is 92.0 Å². The number of amides is 4. The molecule has 0 bridgehead atoms. The Kier molecular flexibility index (Phi) is 24.3. The zero-order valence-corrected chi connectivity index (χ0v) is 66.0. The van der Waals surface area contributed by atoms with E-state index in [4.69, 9.17) is 24.2 Å². The summed E-state index contributed by atoms with van der Waals surface area (Å²) in [5.74, 6) is 0. The number of hydrogen-bond donors (Lipinski definition) is 0. The summed E-state index contributed by atoms with van der Waals surface area (Å²) in [6.07, 6.45) is 18.1. The number of fused-ring (bicyclic) bond motifs is 4. The minimum atomic E-state index is -0.515. The van der Waals surface area contributed by atoms with E-state index in [1.165, 1.54) is 50.1 Å². The van der Waals surface area contributed by atoms with Crippen LogP contribution in [0.3, 0.4) is 0 Å². The highest BCUT2D eigenvalue weighted by Crippen LogP contribution is 2.46. The fraction of sp³-hybridized carbons (Fsp3) is 0.465. The van der Waals surface area contributed by atoms with Crippen molar-refractivity contribution in [2.24, 2.45) is 0 Å². The second kappa shape index (κ2) is 32.3. The largest absolute Gasteiger partial charge is 0.443 e. The highest BCUT2D eigenvalue weighted by molar-refractivity contribution is 5.94. The molecule has 0 fully saturated rings. The molecule has 0 aliphatic carbocycles. The highest BCUT2D eigenvalue weighted by atomic mass is 16.6. The average Bonchev–Trinajstić information content (AvgIpc) is 1.63. The van der Waals surface area contributed by atoms with Crippen molar-refractivity contribution in [3.63, 3.8) is 0 Å². The van der Waals surface area contributed by atoms with E-state index >= 15 is 0 Å². The Hall–Kier alpha value is -10.2. The molecule has 4 aliphatic rings. The fourth-order valence-electron chi connectivity index (χ4n) is 13.4. The first-order chi connectivity index (χ1) is 49.6. The number of ether oxygens (including phenoxy) is 4. The first-order valence-corrected chi connectivity index (χ1v) is 36.7. The van der Waals surface area contributed by atoms with Crippen molar-refractivity contribution in [2.45, 2.75) is 234 Å². The van der Waals surface area contributed by atoms with Gasteiger partial charge in [0.2, 0.25) is 0 Å². The summed E-state index contributed by atoms with van der Waals surface area (Å²) in [5.41, 5.74) is 15.8. The zero-order chi connectivity index (χ0) is 77.4. The van der Waals surface area contributed by atoms with Crippen LogP contribution in [0.1, 0.15) is 211 Å². The first kappa shape index (κ1) is 79.9. The van der Waals surface area contributed by atoms with E-state index in [0.717, 1.165) is 91.1 Å². The fourth-order valence-corrected chi connectivity index (χ4v) is 13.4. The topological polar surface area (TPSA) is 232 Å². The lowest BCUT2D eigenvalue weighted by molar-refractivity contribution is 0.0568. The number of anilines is 4. The number of aryl methyl sites for hydroxylation is 8. The third-order valence-corrected chi connectivity index (χ3v) is 18.6. The summed E-state index contributed by atoms with van der Waals surface area (Å²) in [5, 5.41) is 24.7. The minimum absolute atomic E-state index is 0.0968. The molecular weight excluding hydrogens is 1330 g/mol. The molecule has 0 radical (unpaired) electrons. The Bertz CT molecular complexity index is 4110. The van der Waals surface area contributed by atoms with E-state index in [1.54, 1.807) is 56.7 Å². The lowest BCUT2D eigenvalue weighted by Crippen LogP contribution is -2.38. The van der Waals surface area contributed by atoms with E-state index in [9.17, 15) is 19.2 Å². The van der Waals surface area contributed by atoms with E-state index in [1.807, 2.05) is 150 Å². The second-order valence-electron chi connectivity index (χ2n) is 34.5. The van der Waals surface area contributed by atoms with Crippen LogP contribution in [0.2, 0.25) is 0 Å². The molecule has 8 heterocycles. The van der Waals surface area contributed by atoms with Crippen LogP contribution >= 0.6 is 0 Å². The Labute approximate surface area is 627 Å². The Morgan fingerprint density at radius 1 is 0.377 bits per heavy atom. The van der Waals surface area contributed by atoms with Crippen molar-refractivity contribution < 1.29 is 38.1 Å². The summed E-state index contributed by atoms with van der Waals surface area (Å²) in [4.78, 5) is 70.0. The number of carbonyl (C=O) groups excluding carboxylic acids is 4. The van der Waals surface area contributed by atoms with Gasteiger partial charge in [-0.25, -0.2) is 24.2 Å². The molecule has 0 atom stereocenters. The summed E-state index contributed by atoms with van der Waals surface area (Å²) < 4.78 is 22.3. The number of nitrogens with zero attached hydrogens (tertiary/aromatic N) is 12. The molecule has 20 heteroatoms. The third kappa shape index (κ3) is 21.5. The lowest BCUT2D eigenvalue weighted by Gasteiger charge is -2.25. The van der Waals surface area contributed by atoms with Gasteiger partial charge in [-0.1, -0.05) is 110 Å². The maximum Gasteiger partial charge on any atom is 0.414 e. The molecule has 0 N–H and O–H groups in total. The number of nitriles is 1. The van der Waals surface area contributed by atoms with Crippen LogP contribution in [0.15, 0.2) is 147 Å². The van der Waals surface area contributed by atoms with Crippen LogP contribution in [-0.4, -0.2) is 108 Å². The number of benzene rings is 4. The number of hydrogen-bond acceptors (Lipinski definition) is 16. The predicted molar refractivity (Wildman–Crippen MR) is 417 cm³/mol. The van der Waals surface area contributed by atoms with Gasteiger partial charge in [-0.2, -0.15) is 25.7 Å². The van der Waals surface area contributed by atoms with E-state index in [-0.39, 0.29) is 46.0 Å². The van der Waals surface area contributed by atoms with Gasteiger partial charge in [0.25, 0.3) is 0 Å². The van der Waals surface area contributed by atoms with Crippen LogP contribution in [0, 0.1) is 11.3 Å². The molecule has 20 nitrogen and oxygen atoms in total. The molecule has 0 saturated carbocycles. The number of carbonyl (C=O) groups is 4. The van der Waals surface area contributed by atoms with E-state index in [0.29, 0.717) is 31.9 Å². The van der Waals surface area contributed by atoms with Crippen molar-refractivity contribution in [3.05, 3.63) is 219 Å². The molecular formula is C86H108N12O8. The van der Waals surface area contributed by atoms with Gasteiger partial charge in [0.15, 0.2) is 0 Å². The molecule has 0 spiro atoms. The summed E-state index contributed by atoms with van der Waals surface area (Å²) >= 11 is 0. The van der Waals surface area contributed by atoms with Crippen LogP contribution < -0.4 is 19.6 Å². The smallest absolute Gasteiger partial charge is 0.414 e. The summed E-state index contributed by atoms with van der Waals surface area (Å²) in [7, 11) is 0. The molecule has 560 valence electrons. The minimum Gasteiger partial charge on any atom is -0.443 e. The van der Waals surface area contributed by atoms with Crippen LogP contribution in [0.5, 0.6) is 0 Å². The van der Waals surface area contributed by atoms with Gasteiger partial charge in [-0.15, -0.1) is 0 Å². The summed E-state index contributed by atoms with van der Waals surface area (Å²) in [6.45, 7) is 42.5. The van der Waals surface area contributed by atoms with Gasteiger partial charge >= 0.3 is 24.4 Å².